The first-order valence-corrected chi connectivity index (χ1v) is 9.67. The van der Waals surface area contributed by atoms with Crippen LogP contribution in [-0.4, -0.2) is 24.8 Å². The van der Waals surface area contributed by atoms with E-state index < -0.39 is 0 Å². The zero-order valence-corrected chi connectivity index (χ0v) is 14.2. The third-order valence-corrected chi connectivity index (χ3v) is 6.79. The van der Waals surface area contributed by atoms with Gasteiger partial charge < -0.3 is 10.1 Å². The van der Waals surface area contributed by atoms with E-state index >= 15 is 0 Å². The van der Waals surface area contributed by atoms with Crippen molar-refractivity contribution in [2.45, 2.75) is 103 Å². The quantitative estimate of drug-likeness (QED) is 0.795. The highest BCUT2D eigenvalue weighted by Gasteiger charge is 2.56. The highest BCUT2D eigenvalue weighted by molar-refractivity contribution is 5.10. The Morgan fingerprint density at radius 3 is 2.48 bits per heavy atom. The van der Waals surface area contributed by atoms with Gasteiger partial charge in [-0.2, -0.15) is 0 Å². The van der Waals surface area contributed by atoms with Gasteiger partial charge in [0.15, 0.2) is 0 Å². The number of hydrogen-bond acceptors (Lipinski definition) is 2. The fourth-order valence-corrected chi connectivity index (χ4v) is 5.47. The molecule has 0 aromatic heterocycles. The third kappa shape index (κ3) is 3.03. The molecule has 2 nitrogen and oxygen atoms in total. The SMILES string of the molecule is CCOC1CC(NC2CCCCC2CC)C12CCCCC2. The Kier molecular flexibility index (Phi) is 5.27. The normalized spacial score (nSPS) is 39.1. The van der Waals surface area contributed by atoms with Crippen LogP contribution in [0.15, 0.2) is 0 Å². The molecule has 4 atom stereocenters. The van der Waals surface area contributed by atoms with E-state index in [0.29, 0.717) is 11.5 Å². The summed E-state index contributed by atoms with van der Waals surface area (Å²) in [7, 11) is 0. The first-order valence-electron chi connectivity index (χ1n) is 9.67. The lowest BCUT2D eigenvalue weighted by Gasteiger charge is -2.59. The Labute approximate surface area is 131 Å². The van der Waals surface area contributed by atoms with Crippen molar-refractivity contribution < 1.29 is 4.74 Å². The minimum Gasteiger partial charge on any atom is -0.378 e. The Balaban J connectivity index is 1.64. The first kappa shape index (κ1) is 15.8. The molecule has 0 heterocycles. The average Bonchev–Trinajstić information content (AvgIpc) is 2.55. The molecule has 4 unspecified atom stereocenters. The summed E-state index contributed by atoms with van der Waals surface area (Å²) in [5.74, 6) is 0.922. The maximum atomic E-state index is 6.10. The lowest BCUT2D eigenvalue weighted by atomic mass is 9.55. The molecule has 3 rings (SSSR count). The van der Waals surface area contributed by atoms with Crippen LogP contribution >= 0.6 is 0 Å². The standard InChI is InChI=1S/C19H35NO/c1-3-15-10-6-7-11-16(15)20-17-14-18(21-4-2)19(17)12-8-5-9-13-19/h15-18,20H,3-14H2,1-2H3. The lowest BCUT2D eigenvalue weighted by Crippen LogP contribution is -2.66. The smallest absolute Gasteiger partial charge is 0.0661 e. The van der Waals surface area contributed by atoms with Crippen molar-refractivity contribution in [1.29, 1.82) is 0 Å². The van der Waals surface area contributed by atoms with Crippen LogP contribution in [0.4, 0.5) is 0 Å². The van der Waals surface area contributed by atoms with Gasteiger partial charge >= 0.3 is 0 Å². The Morgan fingerprint density at radius 2 is 1.76 bits per heavy atom. The van der Waals surface area contributed by atoms with Crippen LogP contribution in [0.2, 0.25) is 0 Å². The van der Waals surface area contributed by atoms with Crippen LogP contribution in [0.1, 0.15) is 84.5 Å². The van der Waals surface area contributed by atoms with E-state index in [9.17, 15) is 0 Å². The molecule has 0 amide bonds. The van der Waals surface area contributed by atoms with Crippen molar-refractivity contribution in [3.05, 3.63) is 0 Å². The molecule has 0 aliphatic heterocycles. The Hall–Kier alpha value is -0.0800. The molecule has 1 N–H and O–H groups in total. The van der Waals surface area contributed by atoms with Crippen LogP contribution in [0, 0.1) is 11.3 Å². The first-order chi connectivity index (χ1) is 10.3. The molecule has 3 aliphatic carbocycles. The molecule has 0 bridgehead atoms. The van der Waals surface area contributed by atoms with Crippen LogP contribution in [-0.2, 0) is 4.74 Å². The van der Waals surface area contributed by atoms with Crippen molar-refractivity contribution in [2.24, 2.45) is 11.3 Å². The predicted molar refractivity (Wildman–Crippen MR) is 88.5 cm³/mol. The number of hydrogen-bond donors (Lipinski definition) is 1. The van der Waals surface area contributed by atoms with Gasteiger partial charge in [0.05, 0.1) is 6.10 Å². The summed E-state index contributed by atoms with van der Waals surface area (Å²) >= 11 is 0. The molecule has 0 saturated heterocycles. The Bertz CT molecular complexity index is 324. The molecular formula is C19H35NO. The third-order valence-electron chi connectivity index (χ3n) is 6.79. The topological polar surface area (TPSA) is 21.3 Å². The summed E-state index contributed by atoms with van der Waals surface area (Å²) < 4.78 is 6.10. The fraction of sp³-hybridized carbons (Fsp3) is 1.00. The van der Waals surface area contributed by atoms with Crippen molar-refractivity contribution in [3.63, 3.8) is 0 Å². The summed E-state index contributed by atoms with van der Waals surface area (Å²) in [5, 5.41) is 4.13. The summed E-state index contributed by atoms with van der Waals surface area (Å²) in [6.07, 6.45) is 16.0. The van der Waals surface area contributed by atoms with E-state index in [-0.39, 0.29) is 0 Å². The van der Waals surface area contributed by atoms with Crippen LogP contribution in [0.5, 0.6) is 0 Å². The zero-order chi connectivity index (χ0) is 14.7. The van der Waals surface area contributed by atoms with Gasteiger partial charge in [-0.1, -0.05) is 45.4 Å². The summed E-state index contributed by atoms with van der Waals surface area (Å²) in [6.45, 7) is 5.43. The zero-order valence-electron chi connectivity index (χ0n) is 14.2. The molecule has 0 radical (unpaired) electrons. The minimum absolute atomic E-state index is 0.490. The summed E-state index contributed by atoms with van der Waals surface area (Å²) in [5.41, 5.74) is 0.490. The molecule has 122 valence electrons. The van der Waals surface area contributed by atoms with Crippen molar-refractivity contribution >= 4 is 0 Å². The number of ether oxygens (including phenoxy) is 1. The second-order valence-corrected chi connectivity index (χ2v) is 7.75. The summed E-state index contributed by atoms with van der Waals surface area (Å²) in [6, 6.07) is 1.53. The van der Waals surface area contributed by atoms with E-state index in [1.54, 1.807) is 0 Å². The van der Waals surface area contributed by atoms with Crippen molar-refractivity contribution in [3.8, 4) is 0 Å². The van der Waals surface area contributed by atoms with Gasteiger partial charge in [0, 0.05) is 24.1 Å². The molecule has 0 aromatic rings. The van der Waals surface area contributed by atoms with Crippen LogP contribution in [0.25, 0.3) is 0 Å². The average molecular weight is 293 g/mol. The summed E-state index contributed by atoms with van der Waals surface area (Å²) in [4.78, 5) is 0. The van der Waals surface area contributed by atoms with E-state index in [1.807, 2.05) is 0 Å². The van der Waals surface area contributed by atoms with Gasteiger partial charge in [-0.05, 0) is 44.9 Å². The monoisotopic (exact) mass is 293 g/mol. The van der Waals surface area contributed by atoms with Gasteiger partial charge in [-0.25, -0.2) is 0 Å². The molecule has 1 spiro atoms. The largest absolute Gasteiger partial charge is 0.378 e. The van der Waals surface area contributed by atoms with Crippen LogP contribution < -0.4 is 5.32 Å². The molecule has 3 aliphatic rings. The molecule has 2 heteroatoms. The van der Waals surface area contributed by atoms with Gasteiger partial charge in [0.25, 0.3) is 0 Å². The van der Waals surface area contributed by atoms with E-state index in [1.165, 1.54) is 70.6 Å². The van der Waals surface area contributed by atoms with Crippen molar-refractivity contribution in [1.82, 2.24) is 5.32 Å². The number of nitrogens with one attached hydrogen (secondary N) is 1. The van der Waals surface area contributed by atoms with E-state index in [2.05, 4.69) is 19.2 Å². The fourth-order valence-electron chi connectivity index (χ4n) is 5.47. The Morgan fingerprint density at radius 1 is 1.00 bits per heavy atom. The van der Waals surface area contributed by atoms with Gasteiger partial charge in [-0.3, -0.25) is 0 Å². The maximum absolute atomic E-state index is 6.10. The second-order valence-electron chi connectivity index (χ2n) is 7.75. The number of rotatable bonds is 5. The van der Waals surface area contributed by atoms with Gasteiger partial charge in [-0.15, -0.1) is 0 Å². The minimum atomic E-state index is 0.490. The highest BCUT2D eigenvalue weighted by atomic mass is 16.5. The van der Waals surface area contributed by atoms with E-state index in [4.69, 9.17) is 4.74 Å². The van der Waals surface area contributed by atoms with E-state index in [0.717, 1.165) is 24.6 Å². The molecule has 3 saturated carbocycles. The molecule has 21 heavy (non-hydrogen) atoms. The second kappa shape index (κ2) is 7.00. The van der Waals surface area contributed by atoms with Crippen molar-refractivity contribution in [2.75, 3.05) is 6.61 Å². The van der Waals surface area contributed by atoms with Gasteiger partial charge in [0.1, 0.15) is 0 Å². The highest BCUT2D eigenvalue weighted by Crippen LogP contribution is 2.53. The van der Waals surface area contributed by atoms with Gasteiger partial charge in [0.2, 0.25) is 0 Å². The predicted octanol–water partition coefficient (Wildman–Crippen LogP) is 4.67. The van der Waals surface area contributed by atoms with Crippen LogP contribution in [0.3, 0.4) is 0 Å². The molecule has 3 fully saturated rings. The maximum Gasteiger partial charge on any atom is 0.0661 e. The molecular weight excluding hydrogens is 258 g/mol. The molecule has 0 aromatic carbocycles. The lowest BCUT2D eigenvalue weighted by molar-refractivity contribution is -0.153.